The Morgan fingerprint density at radius 2 is 1.70 bits per heavy atom. The molecule has 162 valence electrons. The van der Waals surface area contributed by atoms with E-state index >= 15 is 0 Å². The summed E-state index contributed by atoms with van der Waals surface area (Å²) >= 11 is 0. The molecule has 7 nitrogen and oxygen atoms in total. The van der Waals surface area contributed by atoms with Crippen molar-refractivity contribution >= 4 is 47.2 Å². The number of carbonyl (C=O) groups is 1. The van der Waals surface area contributed by atoms with Gasteiger partial charge in [0.2, 0.25) is 5.91 Å². The first-order valence-corrected chi connectivity index (χ1v) is 9.95. The minimum Gasteiger partial charge on any atom is -0.490 e. The number of nitrogens with zero attached hydrogens (tertiary/aromatic N) is 1. The van der Waals surface area contributed by atoms with Crippen LogP contribution < -0.4 is 25.4 Å². The third kappa shape index (κ3) is 7.40. The molecule has 0 fully saturated rings. The summed E-state index contributed by atoms with van der Waals surface area (Å²) in [6.45, 7) is 6.27. The molecule has 1 aliphatic heterocycles. The second-order valence-electron chi connectivity index (χ2n) is 6.73. The highest BCUT2D eigenvalue weighted by molar-refractivity contribution is 14.0. The third-order valence-electron chi connectivity index (χ3n) is 4.30. The zero-order chi connectivity index (χ0) is 20.5. The summed E-state index contributed by atoms with van der Waals surface area (Å²) in [6, 6.07) is 13.6. The van der Waals surface area contributed by atoms with Gasteiger partial charge in [0.1, 0.15) is 0 Å². The van der Waals surface area contributed by atoms with Crippen LogP contribution in [-0.4, -0.2) is 38.2 Å². The maximum atomic E-state index is 11.1. The lowest BCUT2D eigenvalue weighted by molar-refractivity contribution is -0.114. The molecular weight excluding hydrogens is 495 g/mol. The molecule has 0 saturated heterocycles. The number of hydrogen-bond acceptors (Lipinski definition) is 4. The summed E-state index contributed by atoms with van der Waals surface area (Å²) in [6.07, 6.45) is 1.69. The fourth-order valence-electron chi connectivity index (χ4n) is 2.94. The molecule has 2 aromatic rings. The van der Waals surface area contributed by atoms with Crippen molar-refractivity contribution in [1.82, 2.24) is 5.32 Å². The van der Waals surface area contributed by atoms with Crippen LogP contribution in [0, 0.1) is 0 Å². The first-order valence-electron chi connectivity index (χ1n) is 9.95. The van der Waals surface area contributed by atoms with Gasteiger partial charge < -0.3 is 25.4 Å². The number of fused-ring (bicyclic) bond motifs is 1. The van der Waals surface area contributed by atoms with Crippen molar-refractivity contribution in [2.45, 2.75) is 26.7 Å². The minimum atomic E-state index is -0.0709. The molecule has 0 atom stereocenters. The molecule has 0 aliphatic carbocycles. The summed E-state index contributed by atoms with van der Waals surface area (Å²) in [4.78, 5) is 15.8. The summed E-state index contributed by atoms with van der Waals surface area (Å²) in [5.74, 6) is 2.18. The molecule has 0 saturated carbocycles. The molecule has 0 aromatic heterocycles. The van der Waals surface area contributed by atoms with Crippen molar-refractivity contribution in [3.8, 4) is 11.5 Å². The van der Waals surface area contributed by atoms with Crippen LogP contribution in [0.4, 0.5) is 11.4 Å². The van der Waals surface area contributed by atoms with Gasteiger partial charge in [0.15, 0.2) is 17.5 Å². The maximum Gasteiger partial charge on any atom is 0.221 e. The van der Waals surface area contributed by atoms with Gasteiger partial charge in [0.05, 0.1) is 13.2 Å². The Bertz CT molecular complexity index is 856. The van der Waals surface area contributed by atoms with Crippen molar-refractivity contribution in [2.24, 2.45) is 4.99 Å². The average Bonchev–Trinajstić information content (AvgIpc) is 2.94. The third-order valence-corrected chi connectivity index (χ3v) is 4.30. The molecule has 0 spiro atoms. The van der Waals surface area contributed by atoms with E-state index < -0.39 is 0 Å². The highest BCUT2D eigenvalue weighted by atomic mass is 127. The number of benzene rings is 2. The van der Waals surface area contributed by atoms with Gasteiger partial charge in [-0.3, -0.25) is 9.79 Å². The fourth-order valence-corrected chi connectivity index (χ4v) is 2.94. The van der Waals surface area contributed by atoms with E-state index in [-0.39, 0.29) is 29.9 Å². The van der Waals surface area contributed by atoms with Crippen molar-refractivity contribution in [3.63, 3.8) is 0 Å². The Balaban J connectivity index is 0.00000320. The van der Waals surface area contributed by atoms with Gasteiger partial charge in [-0.1, -0.05) is 12.1 Å². The fraction of sp³-hybridized carbons (Fsp3) is 0.364. The molecular formula is C22H29IN4O3. The quantitative estimate of drug-likeness (QED) is 0.302. The van der Waals surface area contributed by atoms with Crippen LogP contribution in [0.25, 0.3) is 0 Å². The first-order chi connectivity index (χ1) is 14.1. The molecule has 1 aliphatic rings. The normalized spacial score (nSPS) is 12.9. The number of nitrogens with one attached hydrogen (secondary N) is 3. The highest BCUT2D eigenvalue weighted by Gasteiger charge is 2.11. The van der Waals surface area contributed by atoms with Gasteiger partial charge in [-0.15, -0.1) is 24.0 Å². The Morgan fingerprint density at radius 1 is 1.00 bits per heavy atom. The lowest BCUT2D eigenvalue weighted by atomic mass is 10.1. The van der Waals surface area contributed by atoms with Crippen molar-refractivity contribution < 1.29 is 14.3 Å². The smallest absolute Gasteiger partial charge is 0.221 e. The number of hydrogen-bond donors (Lipinski definition) is 3. The minimum absolute atomic E-state index is 0. The predicted molar refractivity (Wildman–Crippen MR) is 132 cm³/mol. The van der Waals surface area contributed by atoms with E-state index in [1.807, 2.05) is 49.4 Å². The van der Waals surface area contributed by atoms with E-state index in [1.165, 1.54) is 6.92 Å². The number of aliphatic imine (C=N–C) groups is 1. The van der Waals surface area contributed by atoms with Crippen LogP contribution in [-0.2, 0) is 11.2 Å². The number of guanidine groups is 1. The summed E-state index contributed by atoms with van der Waals surface area (Å²) in [7, 11) is 0. The highest BCUT2D eigenvalue weighted by Crippen LogP contribution is 2.32. The lowest BCUT2D eigenvalue weighted by Crippen LogP contribution is -2.30. The average molecular weight is 524 g/mol. The molecule has 2 aromatic carbocycles. The summed E-state index contributed by atoms with van der Waals surface area (Å²) < 4.78 is 11.4. The van der Waals surface area contributed by atoms with Gasteiger partial charge >= 0.3 is 0 Å². The second-order valence-corrected chi connectivity index (χ2v) is 6.73. The second kappa shape index (κ2) is 12.3. The molecule has 3 rings (SSSR count). The number of rotatable bonds is 6. The van der Waals surface area contributed by atoms with Gasteiger partial charge in [-0.25, -0.2) is 0 Å². The van der Waals surface area contributed by atoms with Crippen LogP contribution >= 0.6 is 24.0 Å². The Kier molecular flexibility index (Phi) is 9.72. The predicted octanol–water partition coefficient (Wildman–Crippen LogP) is 4.04. The van der Waals surface area contributed by atoms with Gasteiger partial charge in [-0.05, 0) is 43.2 Å². The topological polar surface area (TPSA) is 84.0 Å². The molecule has 0 bridgehead atoms. The zero-order valence-corrected chi connectivity index (χ0v) is 19.7. The number of amides is 1. The Hall–Kier alpha value is -2.49. The van der Waals surface area contributed by atoms with Gasteiger partial charge in [0.25, 0.3) is 0 Å². The maximum absolute atomic E-state index is 11.1. The van der Waals surface area contributed by atoms with Crippen LogP contribution in [0.1, 0.15) is 25.8 Å². The Labute approximate surface area is 194 Å². The molecule has 0 unspecified atom stereocenters. The van der Waals surface area contributed by atoms with Crippen LogP contribution in [0.5, 0.6) is 11.5 Å². The Morgan fingerprint density at radius 3 is 2.40 bits per heavy atom. The van der Waals surface area contributed by atoms with Gasteiger partial charge in [0, 0.05) is 43.9 Å². The SMILES string of the molecule is CCNC(=NCCc1ccc(NC(C)=O)cc1)Nc1ccc2c(c1)OCCCO2.I. The molecule has 1 heterocycles. The molecule has 0 radical (unpaired) electrons. The standard InChI is InChI=1S/C22H28N4O3.HI/c1-3-23-22(24-12-11-17-5-7-18(8-6-17)25-16(2)27)26-19-9-10-20-21(15-19)29-14-4-13-28-20;/h5-10,15H,3-4,11-14H2,1-2H3,(H,25,27)(H2,23,24,26);1H. The van der Waals surface area contributed by atoms with Crippen LogP contribution in [0.15, 0.2) is 47.5 Å². The van der Waals surface area contributed by atoms with Crippen LogP contribution in [0.3, 0.4) is 0 Å². The summed E-state index contributed by atoms with van der Waals surface area (Å²) in [5.41, 5.74) is 2.86. The molecule has 30 heavy (non-hydrogen) atoms. The van der Waals surface area contributed by atoms with E-state index in [9.17, 15) is 4.79 Å². The first kappa shape index (κ1) is 23.8. The van der Waals surface area contributed by atoms with Crippen molar-refractivity contribution in [3.05, 3.63) is 48.0 Å². The largest absolute Gasteiger partial charge is 0.490 e. The monoisotopic (exact) mass is 524 g/mol. The van der Waals surface area contributed by atoms with Gasteiger partial charge in [-0.2, -0.15) is 0 Å². The number of anilines is 2. The zero-order valence-electron chi connectivity index (χ0n) is 17.4. The number of ether oxygens (including phenoxy) is 2. The van der Waals surface area contributed by atoms with E-state index in [0.717, 1.165) is 53.8 Å². The van der Waals surface area contributed by atoms with E-state index in [1.54, 1.807) is 0 Å². The lowest BCUT2D eigenvalue weighted by Gasteiger charge is -2.13. The van der Waals surface area contributed by atoms with E-state index in [2.05, 4.69) is 20.9 Å². The summed E-state index contributed by atoms with van der Waals surface area (Å²) in [5, 5.41) is 9.35. The molecule has 8 heteroatoms. The molecule has 1 amide bonds. The van der Waals surface area contributed by atoms with E-state index in [0.29, 0.717) is 19.8 Å². The van der Waals surface area contributed by atoms with E-state index in [4.69, 9.17) is 9.47 Å². The van der Waals surface area contributed by atoms with Crippen molar-refractivity contribution in [1.29, 1.82) is 0 Å². The molecule has 3 N–H and O–H groups in total. The number of carbonyl (C=O) groups excluding carboxylic acids is 1. The van der Waals surface area contributed by atoms with Crippen LogP contribution in [0.2, 0.25) is 0 Å². The van der Waals surface area contributed by atoms with Crippen molar-refractivity contribution in [2.75, 3.05) is 36.9 Å². The number of halogens is 1.